The second kappa shape index (κ2) is 4.20. The standard InChI is InChI=1S/C13H15NO3/c1-8-5-9(2)7-10(6-8)14-11(13(16)17)3-4-12(14)15/h5-7,11H,3-4H2,1-2H3,(H,16,17). The molecule has 90 valence electrons. The Morgan fingerprint density at radius 1 is 1.29 bits per heavy atom. The predicted octanol–water partition coefficient (Wildman–Crippen LogP) is 1.88. The zero-order chi connectivity index (χ0) is 12.6. The van der Waals surface area contributed by atoms with Crippen molar-refractivity contribution in [2.45, 2.75) is 32.7 Å². The van der Waals surface area contributed by atoms with Crippen molar-refractivity contribution in [1.29, 1.82) is 0 Å². The summed E-state index contributed by atoms with van der Waals surface area (Å²) in [5.74, 6) is -1.04. The van der Waals surface area contributed by atoms with Gasteiger partial charge in [-0.05, 0) is 43.5 Å². The quantitative estimate of drug-likeness (QED) is 0.848. The number of aryl methyl sites for hydroxylation is 2. The average Bonchev–Trinajstić information content (AvgIpc) is 2.58. The molecular formula is C13H15NO3. The molecule has 1 heterocycles. The molecular weight excluding hydrogens is 218 g/mol. The number of hydrogen-bond donors (Lipinski definition) is 1. The Hall–Kier alpha value is -1.84. The van der Waals surface area contributed by atoms with E-state index in [0.29, 0.717) is 18.5 Å². The number of anilines is 1. The Bertz CT molecular complexity index is 461. The number of carboxylic acids is 1. The summed E-state index contributed by atoms with van der Waals surface area (Å²) in [5.41, 5.74) is 2.75. The highest BCUT2D eigenvalue weighted by Gasteiger charge is 2.37. The highest BCUT2D eigenvalue weighted by atomic mass is 16.4. The molecule has 0 aromatic heterocycles. The minimum absolute atomic E-state index is 0.109. The molecule has 1 aliphatic rings. The molecule has 1 aromatic rings. The van der Waals surface area contributed by atoms with Crippen molar-refractivity contribution in [3.05, 3.63) is 29.3 Å². The van der Waals surface area contributed by atoms with Gasteiger partial charge in [-0.3, -0.25) is 9.69 Å². The summed E-state index contributed by atoms with van der Waals surface area (Å²) in [5, 5.41) is 9.11. The van der Waals surface area contributed by atoms with Crippen LogP contribution in [0.5, 0.6) is 0 Å². The van der Waals surface area contributed by atoms with E-state index >= 15 is 0 Å². The van der Waals surface area contributed by atoms with Crippen molar-refractivity contribution in [2.24, 2.45) is 0 Å². The number of nitrogens with zero attached hydrogens (tertiary/aromatic N) is 1. The molecule has 0 saturated carbocycles. The Balaban J connectivity index is 2.42. The maximum Gasteiger partial charge on any atom is 0.326 e. The Morgan fingerprint density at radius 3 is 2.41 bits per heavy atom. The molecule has 2 rings (SSSR count). The lowest BCUT2D eigenvalue weighted by atomic mass is 10.1. The second-order valence-corrected chi connectivity index (χ2v) is 4.50. The molecule has 1 saturated heterocycles. The highest BCUT2D eigenvalue weighted by Crippen LogP contribution is 2.28. The van der Waals surface area contributed by atoms with Crippen LogP contribution in [-0.4, -0.2) is 23.0 Å². The van der Waals surface area contributed by atoms with Crippen LogP contribution < -0.4 is 4.90 Å². The maximum absolute atomic E-state index is 11.8. The fourth-order valence-electron chi connectivity index (χ4n) is 2.33. The third-order valence-electron chi connectivity index (χ3n) is 2.98. The smallest absolute Gasteiger partial charge is 0.326 e. The number of aliphatic carboxylic acids is 1. The van der Waals surface area contributed by atoms with Crippen molar-refractivity contribution in [2.75, 3.05) is 4.90 Å². The lowest BCUT2D eigenvalue weighted by Gasteiger charge is -2.22. The van der Waals surface area contributed by atoms with E-state index in [4.69, 9.17) is 5.11 Å². The van der Waals surface area contributed by atoms with Gasteiger partial charge < -0.3 is 5.11 Å². The molecule has 4 heteroatoms. The highest BCUT2D eigenvalue weighted by molar-refractivity contribution is 6.02. The molecule has 1 fully saturated rings. The van der Waals surface area contributed by atoms with Crippen molar-refractivity contribution < 1.29 is 14.7 Å². The van der Waals surface area contributed by atoms with Crippen molar-refractivity contribution in [1.82, 2.24) is 0 Å². The van der Waals surface area contributed by atoms with Gasteiger partial charge in [0.15, 0.2) is 0 Å². The largest absolute Gasteiger partial charge is 0.480 e. The van der Waals surface area contributed by atoms with Crippen molar-refractivity contribution in [3.63, 3.8) is 0 Å². The first-order valence-electron chi connectivity index (χ1n) is 5.62. The van der Waals surface area contributed by atoms with Gasteiger partial charge in [0.05, 0.1) is 0 Å². The molecule has 0 aliphatic carbocycles. The van der Waals surface area contributed by atoms with Gasteiger partial charge >= 0.3 is 5.97 Å². The van der Waals surface area contributed by atoms with Crippen LogP contribution in [0.15, 0.2) is 18.2 Å². The van der Waals surface area contributed by atoms with Crippen LogP contribution in [0.3, 0.4) is 0 Å². The molecule has 0 spiro atoms. The number of rotatable bonds is 2. The minimum Gasteiger partial charge on any atom is -0.480 e. The first kappa shape index (κ1) is 11.6. The van der Waals surface area contributed by atoms with Gasteiger partial charge in [-0.1, -0.05) is 6.07 Å². The maximum atomic E-state index is 11.8. The number of amides is 1. The zero-order valence-corrected chi connectivity index (χ0v) is 9.93. The third kappa shape index (κ3) is 2.16. The topological polar surface area (TPSA) is 57.6 Å². The molecule has 1 N–H and O–H groups in total. The van der Waals surface area contributed by atoms with E-state index in [-0.39, 0.29) is 5.91 Å². The average molecular weight is 233 g/mol. The van der Waals surface area contributed by atoms with Gasteiger partial charge in [0.1, 0.15) is 6.04 Å². The molecule has 17 heavy (non-hydrogen) atoms. The summed E-state index contributed by atoms with van der Waals surface area (Å²) in [6.07, 6.45) is 0.700. The number of hydrogen-bond acceptors (Lipinski definition) is 2. The number of carboxylic acid groups (broad SMARTS) is 1. The van der Waals surface area contributed by atoms with E-state index in [9.17, 15) is 9.59 Å². The van der Waals surface area contributed by atoms with Gasteiger partial charge in [-0.15, -0.1) is 0 Å². The summed E-state index contributed by atoms with van der Waals surface area (Å²) >= 11 is 0. The van der Waals surface area contributed by atoms with E-state index in [2.05, 4.69) is 0 Å². The first-order chi connectivity index (χ1) is 7.99. The Labute approximate surface area is 99.9 Å². The fourth-order valence-corrected chi connectivity index (χ4v) is 2.33. The summed E-state index contributed by atoms with van der Waals surface area (Å²) in [4.78, 5) is 24.3. The third-order valence-corrected chi connectivity index (χ3v) is 2.98. The van der Waals surface area contributed by atoms with Crippen LogP contribution >= 0.6 is 0 Å². The van der Waals surface area contributed by atoms with Gasteiger partial charge in [0, 0.05) is 12.1 Å². The van der Waals surface area contributed by atoms with Crippen LogP contribution in [0.25, 0.3) is 0 Å². The van der Waals surface area contributed by atoms with Crippen LogP contribution in [0.4, 0.5) is 5.69 Å². The van der Waals surface area contributed by atoms with E-state index in [1.165, 1.54) is 4.90 Å². The van der Waals surface area contributed by atoms with E-state index in [1.807, 2.05) is 32.0 Å². The van der Waals surface area contributed by atoms with E-state index in [1.54, 1.807) is 0 Å². The van der Waals surface area contributed by atoms with E-state index < -0.39 is 12.0 Å². The van der Waals surface area contributed by atoms with E-state index in [0.717, 1.165) is 11.1 Å². The zero-order valence-electron chi connectivity index (χ0n) is 9.93. The molecule has 1 unspecified atom stereocenters. The normalized spacial score (nSPS) is 19.8. The summed E-state index contributed by atoms with van der Waals surface area (Å²) < 4.78 is 0. The number of carbonyl (C=O) groups excluding carboxylic acids is 1. The lowest BCUT2D eigenvalue weighted by Crippen LogP contribution is -2.38. The number of benzene rings is 1. The minimum atomic E-state index is -0.935. The van der Waals surface area contributed by atoms with Crippen molar-refractivity contribution >= 4 is 17.6 Å². The molecule has 1 atom stereocenters. The Morgan fingerprint density at radius 2 is 1.88 bits per heavy atom. The van der Waals surface area contributed by atoms with Gasteiger partial charge in [-0.25, -0.2) is 4.79 Å². The van der Waals surface area contributed by atoms with Crippen LogP contribution in [0, 0.1) is 13.8 Å². The molecule has 1 amide bonds. The first-order valence-corrected chi connectivity index (χ1v) is 5.62. The SMILES string of the molecule is Cc1cc(C)cc(N2C(=O)CCC2C(=O)O)c1. The van der Waals surface area contributed by atoms with Crippen molar-refractivity contribution in [3.8, 4) is 0 Å². The fraction of sp³-hybridized carbons (Fsp3) is 0.385. The van der Waals surface area contributed by atoms with Gasteiger partial charge in [0.25, 0.3) is 0 Å². The molecule has 0 radical (unpaired) electrons. The monoisotopic (exact) mass is 233 g/mol. The van der Waals surface area contributed by atoms with Gasteiger partial charge in [-0.2, -0.15) is 0 Å². The molecule has 0 bridgehead atoms. The van der Waals surface area contributed by atoms with Gasteiger partial charge in [0.2, 0.25) is 5.91 Å². The Kier molecular flexibility index (Phi) is 2.88. The molecule has 1 aliphatic heterocycles. The second-order valence-electron chi connectivity index (χ2n) is 4.50. The summed E-state index contributed by atoms with van der Waals surface area (Å²) in [7, 11) is 0. The van der Waals surface area contributed by atoms with Crippen LogP contribution in [0.2, 0.25) is 0 Å². The molecule has 4 nitrogen and oxygen atoms in total. The summed E-state index contributed by atoms with van der Waals surface area (Å²) in [6, 6.07) is 4.99. The van der Waals surface area contributed by atoms with Crippen LogP contribution in [0.1, 0.15) is 24.0 Å². The summed E-state index contributed by atoms with van der Waals surface area (Å²) in [6.45, 7) is 3.87. The lowest BCUT2D eigenvalue weighted by molar-refractivity contribution is -0.138. The van der Waals surface area contributed by atoms with Crippen LogP contribution in [-0.2, 0) is 9.59 Å². The predicted molar refractivity (Wildman–Crippen MR) is 64.1 cm³/mol. The molecule has 1 aromatic carbocycles. The number of carbonyl (C=O) groups is 2.